The van der Waals surface area contributed by atoms with Gasteiger partial charge >= 0.3 is 5.97 Å². The maximum Gasteiger partial charge on any atom is 0.303 e. The van der Waals surface area contributed by atoms with Gasteiger partial charge in [0.1, 0.15) is 0 Å². The number of benzene rings is 1. The normalized spacial score (nSPS) is 10.2. The number of aryl methyl sites for hydroxylation is 3. The molecule has 0 aliphatic heterocycles. The van der Waals surface area contributed by atoms with Gasteiger partial charge in [-0.05, 0) is 43.9 Å². The zero-order chi connectivity index (χ0) is 10.7. The van der Waals surface area contributed by atoms with Gasteiger partial charge in [-0.15, -0.1) is 0 Å². The molecule has 0 spiro atoms. The lowest BCUT2D eigenvalue weighted by Gasteiger charge is -2.09. The molecule has 1 rings (SSSR count). The molecule has 0 aromatic heterocycles. The number of carbonyl (C=O) groups is 1. The Hall–Kier alpha value is -1.31. The summed E-state index contributed by atoms with van der Waals surface area (Å²) >= 11 is 0. The summed E-state index contributed by atoms with van der Waals surface area (Å²) in [6, 6.07) is 4.20. The molecule has 0 saturated heterocycles. The summed E-state index contributed by atoms with van der Waals surface area (Å²) in [4.78, 5) is 10.5. The van der Waals surface area contributed by atoms with Gasteiger partial charge in [0, 0.05) is 6.42 Å². The topological polar surface area (TPSA) is 37.3 Å². The van der Waals surface area contributed by atoms with Gasteiger partial charge in [0.15, 0.2) is 0 Å². The molecule has 1 N–H and O–H groups in total. The van der Waals surface area contributed by atoms with Crippen molar-refractivity contribution in [3.63, 3.8) is 0 Å². The van der Waals surface area contributed by atoms with Crippen molar-refractivity contribution in [1.29, 1.82) is 0 Å². The second kappa shape index (κ2) is 4.27. The number of aliphatic carboxylic acids is 1. The first-order valence-corrected chi connectivity index (χ1v) is 4.79. The van der Waals surface area contributed by atoms with Crippen molar-refractivity contribution >= 4 is 5.97 Å². The highest BCUT2D eigenvalue weighted by molar-refractivity contribution is 5.67. The van der Waals surface area contributed by atoms with Crippen LogP contribution in [-0.2, 0) is 11.2 Å². The maximum absolute atomic E-state index is 10.5. The van der Waals surface area contributed by atoms with Crippen LogP contribution in [0.2, 0.25) is 0 Å². The zero-order valence-corrected chi connectivity index (χ0v) is 8.92. The molecule has 76 valence electrons. The smallest absolute Gasteiger partial charge is 0.303 e. The first-order valence-electron chi connectivity index (χ1n) is 4.79. The first-order chi connectivity index (χ1) is 6.50. The van der Waals surface area contributed by atoms with Crippen molar-refractivity contribution < 1.29 is 9.90 Å². The zero-order valence-electron chi connectivity index (χ0n) is 8.92. The fraction of sp³-hybridized carbons (Fsp3) is 0.417. The third kappa shape index (κ3) is 2.59. The molecular formula is C12H16O2. The molecule has 14 heavy (non-hydrogen) atoms. The fourth-order valence-electron chi connectivity index (χ4n) is 1.63. The summed E-state index contributed by atoms with van der Waals surface area (Å²) in [6.45, 7) is 6.15. The van der Waals surface area contributed by atoms with E-state index in [4.69, 9.17) is 5.11 Å². The SMILES string of the molecule is Cc1cc(C)c(C)c(CCC(=O)O)c1. The third-order valence-corrected chi connectivity index (χ3v) is 2.53. The molecule has 1 aromatic carbocycles. The Kier molecular flexibility index (Phi) is 3.28. The molecule has 0 unspecified atom stereocenters. The second-order valence-electron chi connectivity index (χ2n) is 3.76. The van der Waals surface area contributed by atoms with E-state index in [2.05, 4.69) is 19.1 Å². The van der Waals surface area contributed by atoms with Gasteiger partial charge in [-0.25, -0.2) is 0 Å². The van der Waals surface area contributed by atoms with E-state index in [0.717, 1.165) is 5.56 Å². The second-order valence-corrected chi connectivity index (χ2v) is 3.76. The summed E-state index contributed by atoms with van der Waals surface area (Å²) < 4.78 is 0. The highest BCUT2D eigenvalue weighted by Crippen LogP contribution is 2.17. The molecule has 0 bridgehead atoms. The minimum atomic E-state index is -0.733. The fourth-order valence-corrected chi connectivity index (χ4v) is 1.63. The molecule has 0 amide bonds. The van der Waals surface area contributed by atoms with E-state index in [-0.39, 0.29) is 6.42 Å². The summed E-state index contributed by atoms with van der Waals surface area (Å²) in [7, 11) is 0. The van der Waals surface area contributed by atoms with Gasteiger partial charge in [0.2, 0.25) is 0 Å². The molecule has 0 saturated carbocycles. The number of hydrogen-bond donors (Lipinski definition) is 1. The molecule has 0 radical (unpaired) electrons. The van der Waals surface area contributed by atoms with Crippen LogP contribution >= 0.6 is 0 Å². The van der Waals surface area contributed by atoms with E-state index in [1.54, 1.807) is 0 Å². The van der Waals surface area contributed by atoms with Crippen LogP contribution in [0, 0.1) is 20.8 Å². The van der Waals surface area contributed by atoms with E-state index in [9.17, 15) is 4.79 Å². The lowest BCUT2D eigenvalue weighted by molar-refractivity contribution is -0.136. The predicted molar refractivity (Wildman–Crippen MR) is 56.6 cm³/mol. The number of hydrogen-bond acceptors (Lipinski definition) is 1. The standard InChI is InChI=1S/C12H16O2/c1-8-6-9(2)10(3)11(7-8)4-5-12(13)14/h6-7H,4-5H2,1-3H3,(H,13,14). The summed E-state index contributed by atoms with van der Waals surface area (Å²) in [5.74, 6) is -0.733. The van der Waals surface area contributed by atoms with E-state index >= 15 is 0 Å². The van der Waals surface area contributed by atoms with E-state index in [1.165, 1.54) is 16.7 Å². The van der Waals surface area contributed by atoms with Crippen LogP contribution in [0.1, 0.15) is 28.7 Å². The van der Waals surface area contributed by atoms with Crippen molar-refractivity contribution in [3.8, 4) is 0 Å². The quantitative estimate of drug-likeness (QED) is 0.799. The molecule has 0 aliphatic rings. The largest absolute Gasteiger partial charge is 0.481 e. The minimum absolute atomic E-state index is 0.212. The summed E-state index contributed by atoms with van der Waals surface area (Å²) in [6.07, 6.45) is 0.841. The van der Waals surface area contributed by atoms with E-state index < -0.39 is 5.97 Å². The predicted octanol–water partition coefficient (Wildman–Crippen LogP) is 2.63. The third-order valence-electron chi connectivity index (χ3n) is 2.53. The van der Waals surface area contributed by atoms with Crippen molar-refractivity contribution in [1.82, 2.24) is 0 Å². The average Bonchev–Trinajstić information content (AvgIpc) is 2.08. The Labute approximate surface area is 84.6 Å². The van der Waals surface area contributed by atoms with Crippen LogP contribution in [0.5, 0.6) is 0 Å². The lowest BCUT2D eigenvalue weighted by Crippen LogP contribution is -2.00. The molecular weight excluding hydrogens is 176 g/mol. The van der Waals surface area contributed by atoms with Crippen LogP contribution < -0.4 is 0 Å². The molecule has 2 heteroatoms. The van der Waals surface area contributed by atoms with Crippen molar-refractivity contribution in [2.75, 3.05) is 0 Å². The highest BCUT2D eigenvalue weighted by atomic mass is 16.4. The average molecular weight is 192 g/mol. The first kappa shape index (κ1) is 10.8. The monoisotopic (exact) mass is 192 g/mol. The van der Waals surface area contributed by atoms with E-state index in [1.807, 2.05) is 13.8 Å². The Bertz CT molecular complexity index is 354. The highest BCUT2D eigenvalue weighted by Gasteiger charge is 2.04. The summed E-state index contributed by atoms with van der Waals surface area (Å²) in [5, 5.41) is 8.60. The van der Waals surface area contributed by atoms with Gasteiger partial charge in [0.05, 0.1) is 0 Å². The summed E-state index contributed by atoms with van der Waals surface area (Å²) in [5.41, 5.74) is 4.82. The van der Waals surface area contributed by atoms with Crippen LogP contribution in [0.15, 0.2) is 12.1 Å². The number of carboxylic acids is 1. The maximum atomic E-state index is 10.5. The van der Waals surface area contributed by atoms with Gasteiger partial charge in [-0.1, -0.05) is 17.7 Å². The van der Waals surface area contributed by atoms with Gasteiger partial charge in [-0.3, -0.25) is 4.79 Å². The molecule has 1 aromatic rings. The molecule has 2 nitrogen and oxygen atoms in total. The van der Waals surface area contributed by atoms with Crippen molar-refractivity contribution in [2.24, 2.45) is 0 Å². The number of carboxylic acid groups (broad SMARTS) is 1. The van der Waals surface area contributed by atoms with E-state index in [0.29, 0.717) is 6.42 Å². The van der Waals surface area contributed by atoms with Gasteiger partial charge < -0.3 is 5.11 Å². The van der Waals surface area contributed by atoms with Crippen LogP contribution in [0.4, 0.5) is 0 Å². The number of rotatable bonds is 3. The van der Waals surface area contributed by atoms with Crippen LogP contribution in [-0.4, -0.2) is 11.1 Å². The lowest BCUT2D eigenvalue weighted by atomic mass is 9.97. The molecule has 0 heterocycles. The Balaban J connectivity index is 2.90. The molecule has 0 fully saturated rings. The van der Waals surface area contributed by atoms with Gasteiger partial charge in [-0.2, -0.15) is 0 Å². The molecule has 0 atom stereocenters. The van der Waals surface area contributed by atoms with Crippen LogP contribution in [0.25, 0.3) is 0 Å². The van der Waals surface area contributed by atoms with Crippen molar-refractivity contribution in [2.45, 2.75) is 33.6 Å². The Morgan fingerprint density at radius 1 is 1.29 bits per heavy atom. The Morgan fingerprint density at radius 2 is 1.93 bits per heavy atom. The van der Waals surface area contributed by atoms with Crippen LogP contribution in [0.3, 0.4) is 0 Å². The molecule has 0 aliphatic carbocycles. The minimum Gasteiger partial charge on any atom is -0.481 e. The van der Waals surface area contributed by atoms with Gasteiger partial charge in [0.25, 0.3) is 0 Å². The van der Waals surface area contributed by atoms with Crippen molar-refractivity contribution in [3.05, 3.63) is 34.4 Å². The Morgan fingerprint density at radius 3 is 2.50 bits per heavy atom.